The van der Waals surface area contributed by atoms with Crippen LogP contribution < -0.4 is 11.5 Å². The van der Waals surface area contributed by atoms with Gasteiger partial charge in [0.1, 0.15) is 0 Å². The van der Waals surface area contributed by atoms with Crippen LogP contribution in [0, 0.1) is 6.92 Å². The molecule has 1 aromatic rings. The van der Waals surface area contributed by atoms with Crippen LogP contribution in [0.1, 0.15) is 5.56 Å². The average Bonchev–Trinajstić information content (AvgIpc) is 2.31. The fourth-order valence-electron chi connectivity index (χ4n) is 0.534. The van der Waals surface area contributed by atoms with Gasteiger partial charge in [-0.15, -0.1) is 0 Å². The summed E-state index contributed by atoms with van der Waals surface area (Å²) in [5.74, 6) is 0. The van der Waals surface area contributed by atoms with E-state index in [2.05, 4.69) is 19.1 Å². The molecule has 4 N–H and O–H groups in total. The van der Waals surface area contributed by atoms with Gasteiger partial charge >= 0.3 is 12.1 Å². The Labute approximate surface area is 115 Å². The number of benzene rings is 1. The van der Waals surface area contributed by atoms with Crippen LogP contribution in [0.4, 0.5) is 9.59 Å². The number of aryl methyl sites for hydroxylation is 1. The molecular formula is C13H24N4O2. The van der Waals surface area contributed by atoms with E-state index in [1.807, 2.05) is 18.2 Å². The summed E-state index contributed by atoms with van der Waals surface area (Å²) in [5, 5.41) is 0. The molecule has 0 fully saturated rings. The van der Waals surface area contributed by atoms with Crippen LogP contribution in [0.5, 0.6) is 0 Å². The average molecular weight is 268 g/mol. The zero-order valence-electron chi connectivity index (χ0n) is 12.3. The maximum atomic E-state index is 9.85. The van der Waals surface area contributed by atoms with Gasteiger partial charge in [0.25, 0.3) is 0 Å². The maximum Gasteiger partial charge on any atom is 0.314 e. The Hall–Kier alpha value is -2.24. The number of carbonyl (C=O) groups is 2. The summed E-state index contributed by atoms with van der Waals surface area (Å²) in [6, 6.07) is 9.45. The lowest BCUT2D eigenvalue weighted by Gasteiger charge is -2.01. The topological polar surface area (TPSA) is 92.7 Å². The lowest BCUT2D eigenvalue weighted by molar-refractivity contribution is 0.226. The Kier molecular flexibility index (Phi) is 10.9. The van der Waals surface area contributed by atoms with Crippen LogP contribution in [-0.4, -0.2) is 50.1 Å². The van der Waals surface area contributed by atoms with E-state index >= 15 is 0 Å². The number of nitrogens with two attached hydrogens (primary N) is 2. The summed E-state index contributed by atoms with van der Waals surface area (Å²) >= 11 is 0. The van der Waals surface area contributed by atoms with Crippen molar-refractivity contribution in [3.05, 3.63) is 35.9 Å². The van der Waals surface area contributed by atoms with Crippen molar-refractivity contribution in [1.29, 1.82) is 0 Å². The van der Waals surface area contributed by atoms with Gasteiger partial charge in [-0.25, -0.2) is 9.59 Å². The Morgan fingerprint density at radius 2 is 1.11 bits per heavy atom. The molecule has 0 aliphatic carbocycles. The van der Waals surface area contributed by atoms with Crippen molar-refractivity contribution in [2.24, 2.45) is 11.5 Å². The fourth-order valence-corrected chi connectivity index (χ4v) is 0.534. The SMILES string of the molecule is CN(C)C(N)=O.CN(C)C(N)=O.Cc1ccccc1. The molecule has 1 aromatic carbocycles. The molecule has 0 radical (unpaired) electrons. The minimum Gasteiger partial charge on any atom is -0.352 e. The molecule has 0 aromatic heterocycles. The van der Waals surface area contributed by atoms with E-state index in [9.17, 15) is 9.59 Å². The maximum absolute atomic E-state index is 9.85. The fraction of sp³-hybridized carbons (Fsp3) is 0.385. The highest BCUT2D eigenvalue weighted by atomic mass is 16.2. The van der Waals surface area contributed by atoms with Gasteiger partial charge in [-0.3, -0.25) is 0 Å². The molecule has 0 heterocycles. The van der Waals surface area contributed by atoms with Crippen molar-refractivity contribution < 1.29 is 9.59 Å². The normalized spacial score (nSPS) is 8.05. The van der Waals surface area contributed by atoms with Gasteiger partial charge in [0.15, 0.2) is 0 Å². The standard InChI is InChI=1S/C7H8.2C3H8N2O/c1-7-5-3-2-4-6-7;2*1-5(2)3(4)6/h2-6H,1H3;2*1-2H3,(H2,4,6). The van der Waals surface area contributed by atoms with E-state index in [0.29, 0.717) is 0 Å². The van der Waals surface area contributed by atoms with E-state index in [0.717, 1.165) is 0 Å². The summed E-state index contributed by atoms with van der Waals surface area (Å²) in [4.78, 5) is 22.3. The first-order valence-electron chi connectivity index (χ1n) is 5.63. The van der Waals surface area contributed by atoms with Crippen molar-refractivity contribution in [3.8, 4) is 0 Å². The number of nitrogens with zero attached hydrogens (tertiary/aromatic N) is 2. The summed E-state index contributed by atoms with van der Waals surface area (Å²) in [6.45, 7) is 2.08. The third-order valence-electron chi connectivity index (χ3n) is 1.82. The number of rotatable bonds is 0. The number of carbonyl (C=O) groups excluding carboxylic acids is 2. The molecule has 0 unspecified atom stereocenters. The van der Waals surface area contributed by atoms with Gasteiger partial charge in [0.05, 0.1) is 0 Å². The summed E-state index contributed by atoms with van der Waals surface area (Å²) in [5.41, 5.74) is 10.8. The van der Waals surface area contributed by atoms with E-state index < -0.39 is 12.1 Å². The van der Waals surface area contributed by atoms with Crippen LogP contribution in [0.2, 0.25) is 0 Å². The second-order valence-electron chi connectivity index (χ2n) is 4.12. The molecule has 0 bridgehead atoms. The molecule has 1 rings (SSSR count). The lowest BCUT2D eigenvalue weighted by Crippen LogP contribution is -2.27. The first kappa shape index (κ1) is 19.1. The molecule has 6 nitrogen and oxygen atoms in total. The molecule has 0 atom stereocenters. The van der Waals surface area contributed by atoms with Crippen molar-refractivity contribution in [2.75, 3.05) is 28.2 Å². The zero-order valence-corrected chi connectivity index (χ0v) is 12.3. The number of hydrogen-bond acceptors (Lipinski definition) is 2. The van der Waals surface area contributed by atoms with Crippen LogP contribution in [0.3, 0.4) is 0 Å². The van der Waals surface area contributed by atoms with E-state index in [1.165, 1.54) is 15.4 Å². The van der Waals surface area contributed by atoms with Crippen molar-refractivity contribution in [3.63, 3.8) is 0 Å². The summed E-state index contributed by atoms with van der Waals surface area (Å²) in [7, 11) is 6.40. The van der Waals surface area contributed by atoms with Crippen molar-refractivity contribution in [1.82, 2.24) is 9.80 Å². The van der Waals surface area contributed by atoms with Crippen LogP contribution in [-0.2, 0) is 0 Å². The molecule has 0 aliphatic rings. The summed E-state index contributed by atoms with van der Waals surface area (Å²) in [6.07, 6.45) is 0. The largest absolute Gasteiger partial charge is 0.352 e. The number of hydrogen-bond donors (Lipinski definition) is 2. The van der Waals surface area contributed by atoms with Crippen LogP contribution in [0.15, 0.2) is 30.3 Å². The van der Waals surface area contributed by atoms with Crippen LogP contribution >= 0.6 is 0 Å². The van der Waals surface area contributed by atoms with E-state index in [4.69, 9.17) is 11.5 Å². The smallest absolute Gasteiger partial charge is 0.314 e. The first-order chi connectivity index (χ1) is 8.68. The van der Waals surface area contributed by atoms with E-state index in [-0.39, 0.29) is 0 Å². The second kappa shape index (κ2) is 10.9. The molecule has 19 heavy (non-hydrogen) atoms. The minimum atomic E-state index is -0.407. The van der Waals surface area contributed by atoms with Crippen molar-refractivity contribution >= 4 is 12.1 Å². The highest BCUT2D eigenvalue weighted by Crippen LogP contribution is 1.92. The number of urea groups is 2. The number of amides is 4. The third-order valence-corrected chi connectivity index (χ3v) is 1.82. The predicted octanol–water partition coefficient (Wildman–Crippen LogP) is 1.25. The molecule has 0 aliphatic heterocycles. The Morgan fingerprint density at radius 1 is 0.842 bits per heavy atom. The predicted molar refractivity (Wildman–Crippen MR) is 77.7 cm³/mol. The summed E-state index contributed by atoms with van der Waals surface area (Å²) < 4.78 is 0. The Balaban J connectivity index is 0. The van der Waals surface area contributed by atoms with E-state index in [1.54, 1.807) is 28.2 Å². The van der Waals surface area contributed by atoms with Gasteiger partial charge in [-0.1, -0.05) is 35.9 Å². The molecule has 6 heteroatoms. The van der Waals surface area contributed by atoms with Gasteiger partial charge in [0, 0.05) is 28.2 Å². The first-order valence-corrected chi connectivity index (χ1v) is 5.63. The van der Waals surface area contributed by atoms with Gasteiger partial charge in [-0.2, -0.15) is 0 Å². The second-order valence-corrected chi connectivity index (χ2v) is 4.12. The van der Waals surface area contributed by atoms with Crippen LogP contribution in [0.25, 0.3) is 0 Å². The Morgan fingerprint density at radius 3 is 1.21 bits per heavy atom. The molecule has 4 amide bonds. The zero-order chi connectivity index (χ0) is 15.4. The lowest BCUT2D eigenvalue weighted by atomic mass is 10.2. The molecular weight excluding hydrogens is 244 g/mol. The monoisotopic (exact) mass is 268 g/mol. The molecule has 0 spiro atoms. The van der Waals surface area contributed by atoms with Gasteiger partial charge in [-0.05, 0) is 6.92 Å². The highest BCUT2D eigenvalue weighted by Gasteiger charge is 1.88. The quantitative estimate of drug-likeness (QED) is 0.741. The van der Waals surface area contributed by atoms with Crippen molar-refractivity contribution in [2.45, 2.75) is 6.92 Å². The molecule has 0 saturated heterocycles. The third kappa shape index (κ3) is 15.8. The number of primary amides is 2. The van der Waals surface area contributed by atoms with Gasteiger partial charge < -0.3 is 21.3 Å². The molecule has 108 valence electrons. The Bertz CT molecular complexity index is 346. The highest BCUT2D eigenvalue weighted by molar-refractivity contribution is 5.71. The minimum absolute atomic E-state index is 0.407. The van der Waals surface area contributed by atoms with Gasteiger partial charge in [0.2, 0.25) is 0 Å². The molecule has 0 saturated carbocycles.